The fourth-order valence-electron chi connectivity index (χ4n) is 2.53. The number of halogens is 1. The number of rotatable bonds is 1. The van der Waals surface area contributed by atoms with E-state index in [4.69, 9.17) is 0 Å². The van der Waals surface area contributed by atoms with Gasteiger partial charge in [0.1, 0.15) is 5.82 Å². The summed E-state index contributed by atoms with van der Waals surface area (Å²) >= 11 is 0. The molecule has 15 heavy (non-hydrogen) atoms. The zero-order valence-corrected chi connectivity index (χ0v) is 9.63. The van der Waals surface area contributed by atoms with Crippen LogP contribution in [0.5, 0.6) is 0 Å². The lowest BCUT2D eigenvalue weighted by Gasteiger charge is -2.35. The molecule has 0 saturated heterocycles. The van der Waals surface area contributed by atoms with Gasteiger partial charge in [0.15, 0.2) is 0 Å². The molecular formula is C13H18FN. The van der Waals surface area contributed by atoms with Gasteiger partial charge in [0.2, 0.25) is 0 Å². The minimum absolute atomic E-state index is 0.0830. The summed E-state index contributed by atoms with van der Waals surface area (Å²) in [7, 11) is 1.97. The van der Waals surface area contributed by atoms with E-state index in [2.05, 4.69) is 19.9 Å². The number of hydrogen-bond donors (Lipinski definition) is 0. The van der Waals surface area contributed by atoms with Crippen LogP contribution in [0.15, 0.2) is 18.2 Å². The van der Waals surface area contributed by atoms with E-state index in [0.717, 1.165) is 18.7 Å². The standard InChI is InChI=1S/C13H18FN/c1-9(2)10-7-8-15(3)13-11(10)5-4-6-12(13)14/h4-6,9-10H,7-8H2,1-3H3. The third-order valence-electron chi connectivity index (χ3n) is 3.38. The predicted molar refractivity (Wildman–Crippen MR) is 61.9 cm³/mol. The van der Waals surface area contributed by atoms with E-state index in [1.807, 2.05) is 18.0 Å². The highest BCUT2D eigenvalue weighted by atomic mass is 19.1. The number of para-hydroxylation sites is 1. The number of anilines is 1. The van der Waals surface area contributed by atoms with Crippen LogP contribution < -0.4 is 4.90 Å². The zero-order chi connectivity index (χ0) is 11.0. The first-order chi connectivity index (χ1) is 7.11. The van der Waals surface area contributed by atoms with Crippen molar-refractivity contribution in [3.63, 3.8) is 0 Å². The summed E-state index contributed by atoms with van der Waals surface area (Å²) in [5, 5.41) is 0. The highest BCUT2D eigenvalue weighted by Gasteiger charge is 2.27. The van der Waals surface area contributed by atoms with Crippen LogP contribution in [0.1, 0.15) is 31.7 Å². The molecule has 0 fully saturated rings. The first-order valence-corrected chi connectivity index (χ1v) is 5.61. The fourth-order valence-corrected chi connectivity index (χ4v) is 2.53. The molecule has 0 bridgehead atoms. The Morgan fingerprint density at radius 3 is 2.80 bits per heavy atom. The number of nitrogens with zero attached hydrogens (tertiary/aromatic N) is 1. The molecule has 1 aliphatic heterocycles. The number of benzene rings is 1. The predicted octanol–water partition coefficient (Wildman–Crippen LogP) is 3.41. The molecule has 0 saturated carbocycles. The molecule has 2 heteroatoms. The van der Waals surface area contributed by atoms with Gasteiger partial charge in [0.05, 0.1) is 5.69 Å². The van der Waals surface area contributed by atoms with Crippen molar-refractivity contribution in [2.24, 2.45) is 5.92 Å². The summed E-state index contributed by atoms with van der Waals surface area (Å²) in [6.45, 7) is 5.38. The van der Waals surface area contributed by atoms with Crippen LogP contribution in [0.3, 0.4) is 0 Å². The van der Waals surface area contributed by atoms with Crippen molar-refractivity contribution in [2.75, 3.05) is 18.5 Å². The van der Waals surface area contributed by atoms with Crippen molar-refractivity contribution in [3.8, 4) is 0 Å². The second kappa shape index (κ2) is 3.84. The summed E-state index contributed by atoms with van der Waals surface area (Å²) in [4.78, 5) is 2.03. The van der Waals surface area contributed by atoms with E-state index < -0.39 is 0 Å². The Hall–Kier alpha value is -1.05. The molecule has 0 N–H and O–H groups in total. The van der Waals surface area contributed by atoms with Crippen molar-refractivity contribution >= 4 is 5.69 Å². The van der Waals surface area contributed by atoms with Gasteiger partial charge in [-0.25, -0.2) is 4.39 Å². The van der Waals surface area contributed by atoms with Crippen LogP contribution in [0, 0.1) is 11.7 Å². The summed E-state index contributed by atoms with van der Waals surface area (Å²) < 4.78 is 13.7. The zero-order valence-electron chi connectivity index (χ0n) is 9.63. The highest BCUT2D eigenvalue weighted by Crippen LogP contribution is 2.39. The Morgan fingerprint density at radius 2 is 2.13 bits per heavy atom. The van der Waals surface area contributed by atoms with Gasteiger partial charge in [-0.1, -0.05) is 26.0 Å². The summed E-state index contributed by atoms with van der Waals surface area (Å²) in [6.07, 6.45) is 1.13. The van der Waals surface area contributed by atoms with Crippen LogP contribution >= 0.6 is 0 Å². The van der Waals surface area contributed by atoms with Gasteiger partial charge in [-0.05, 0) is 29.9 Å². The molecule has 0 spiro atoms. The largest absolute Gasteiger partial charge is 0.372 e. The molecule has 82 valence electrons. The Kier molecular flexibility index (Phi) is 2.68. The third kappa shape index (κ3) is 1.73. The monoisotopic (exact) mass is 207 g/mol. The van der Waals surface area contributed by atoms with Gasteiger partial charge in [-0.2, -0.15) is 0 Å². The maximum atomic E-state index is 13.7. The summed E-state index contributed by atoms with van der Waals surface area (Å²) in [6, 6.07) is 5.44. The van der Waals surface area contributed by atoms with Crippen molar-refractivity contribution < 1.29 is 4.39 Å². The Morgan fingerprint density at radius 1 is 1.40 bits per heavy atom. The fraction of sp³-hybridized carbons (Fsp3) is 0.538. The SMILES string of the molecule is CC(C)C1CCN(C)c2c(F)cccc21. The minimum Gasteiger partial charge on any atom is -0.372 e. The molecule has 2 rings (SSSR count). The number of hydrogen-bond acceptors (Lipinski definition) is 1. The van der Waals surface area contributed by atoms with E-state index in [9.17, 15) is 4.39 Å². The molecule has 1 aromatic carbocycles. The quantitative estimate of drug-likeness (QED) is 0.682. The lowest BCUT2D eigenvalue weighted by Crippen LogP contribution is -2.30. The van der Waals surface area contributed by atoms with Crippen LogP contribution in [-0.2, 0) is 0 Å². The van der Waals surface area contributed by atoms with Crippen LogP contribution in [-0.4, -0.2) is 13.6 Å². The van der Waals surface area contributed by atoms with Crippen molar-refractivity contribution in [3.05, 3.63) is 29.6 Å². The minimum atomic E-state index is -0.0830. The Bertz CT molecular complexity index is 360. The smallest absolute Gasteiger partial charge is 0.146 e. The molecule has 1 nitrogen and oxygen atoms in total. The molecule has 1 aliphatic rings. The maximum Gasteiger partial charge on any atom is 0.146 e. The maximum absolute atomic E-state index is 13.7. The molecule has 0 aliphatic carbocycles. The van der Waals surface area contributed by atoms with E-state index in [-0.39, 0.29) is 5.82 Å². The van der Waals surface area contributed by atoms with Gasteiger partial charge < -0.3 is 4.90 Å². The average molecular weight is 207 g/mol. The molecule has 1 atom stereocenters. The second-order valence-corrected chi connectivity index (χ2v) is 4.74. The van der Waals surface area contributed by atoms with Crippen molar-refractivity contribution in [1.82, 2.24) is 0 Å². The molecule has 0 amide bonds. The Balaban J connectivity index is 2.50. The number of fused-ring (bicyclic) bond motifs is 1. The first-order valence-electron chi connectivity index (χ1n) is 5.61. The van der Waals surface area contributed by atoms with Gasteiger partial charge >= 0.3 is 0 Å². The topological polar surface area (TPSA) is 3.24 Å². The van der Waals surface area contributed by atoms with E-state index in [0.29, 0.717) is 11.8 Å². The summed E-state index contributed by atoms with van der Waals surface area (Å²) in [5.41, 5.74) is 1.99. The normalized spacial score (nSPS) is 20.6. The second-order valence-electron chi connectivity index (χ2n) is 4.74. The van der Waals surface area contributed by atoms with Gasteiger partial charge in [0.25, 0.3) is 0 Å². The lowest BCUT2D eigenvalue weighted by atomic mass is 9.82. The van der Waals surface area contributed by atoms with Crippen LogP contribution in [0.25, 0.3) is 0 Å². The molecule has 0 aromatic heterocycles. The average Bonchev–Trinajstić information content (AvgIpc) is 2.17. The lowest BCUT2D eigenvalue weighted by molar-refractivity contribution is 0.450. The van der Waals surface area contributed by atoms with E-state index >= 15 is 0 Å². The molecule has 0 radical (unpaired) electrons. The molecule has 1 heterocycles. The van der Waals surface area contributed by atoms with Gasteiger partial charge in [-0.15, -0.1) is 0 Å². The third-order valence-corrected chi connectivity index (χ3v) is 3.38. The van der Waals surface area contributed by atoms with E-state index in [1.165, 1.54) is 5.56 Å². The molecule has 1 unspecified atom stereocenters. The van der Waals surface area contributed by atoms with Gasteiger partial charge in [0, 0.05) is 13.6 Å². The first kappa shape index (κ1) is 10.5. The van der Waals surface area contributed by atoms with Crippen LogP contribution in [0.2, 0.25) is 0 Å². The Labute approximate surface area is 90.9 Å². The van der Waals surface area contributed by atoms with Gasteiger partial charge in [-0.3, -0.25) is 0 Å². The summed E-state index contributed by atoms with van der Waals surface area (Å²) in [5.74, 6) is 1.01. The van der Waals surface area contributed by atoms with Crippen molar-refractivity contribution in [2.45, 2.75) is 26.2 Å². The highest BCUT2D eigenvalue weighted by molar-refractivity contribution is 5.57. The molecule has 1 aromatic rings. The molecular weight excluding hydrogens is 189 g/mol. The van der Waals surface area contributed by atoms with Crippen molar-refractivity contribution in [1.29, 1.82) is 0 Å². The van der Waals surface area contributed by atoms with Crippen LogP contribution in [0.4, 0.5) is 10.1 Å². The van der Waals surface area contributed by atoms with E-state index in [1.54, 1.807) is 6.07 Å².